The van der Waals surface area contributed by atoms with Crippen molar-refractivity contribution >= 4 is 22.9 Å². The van der Waals surface area contributed by atoms with Gasteiger partial charge in [-0.1, -0.05) is 17.4 Å². The monoisotopic (exact) mass is 232 g/mol. The molecular formula is C8H3ClF2N2S. The molecule has 1 aromatic carbocycles. The molecular weight excluding hydrogens is 230 g/mol. The van der Waals surface area contributed by atoms with Crippen LogP contribution in [0.4, 0.5) is 8.78 Å². The zero-order chi connectivity index (χ0) is 10.1. The van der Waals surface area contributed by atoms with Crippen molar-refractivity contribution in [3.05, 3.63) is 34.3 Å². The topological polar surface area (TPSA) is 25.8 Å². The molecule has 2 aromatic rings. The smallest absolute Gasteiger partial charge is 0.204 e. The Labute approximate surface area is 87.2 Å². The number of aromatic nitrogens is 2. The van der Waals surface area contributed by atoms with Crippen LogP contribution in [-0.4, -0.2) is 10.2 Å². The fourth-order valence-electron chi connectivity index (χ4n) is 0.983. The highest BCUT2D eigenvalue weighted by molar-refractivity contribution is 7.18. The summed E-state index contributed by atoms with van der Waals surface area (Å²) in [6.07, 6.45) is 0. The lowest BCUT2D eigenvalue weighted by molar-refractivity contribution is 0.511. The lowest BCUT2D eigenvalue weighted by atomic mass is 10.2. The highest BCUT2D eigenvalue weighted by Gasteiger charge is 2.13. The Kier molecular flexibility index (Phi) is 2.43. The molecule has 6 heteroatoms. The van der Waals surface area contributed by atoms with Gasteiger partial charge in [-0.15, -0.1) is 10.2 Å². The average molecular weight is 233 g/mol. The van der Waals surface area contributed by atoms with Gasteiger partial charge in [-0.05, 0) is 23.7 Å². The van der Waals surface area contributed by atoms with E-state index in [1.54, 1.807) is 0 Å². The fourth-order valence-corrected chi connectivity index (χ4v) is 1.83. The molecule has 0 aliphatic rings. The molecule has 0 unspecified atom stereocenters. The normalized spacial score (nSPS) is 10.5. The first-order valence-corrected chi connectivity index (χ1v) is 4.81. The highest BCUT2D eigenvalue weighted by Crippen LogP contribution is 2.28. The maximum Gasteiger partial charge on any atom is 0.207 e. The summed E-state index contributed by atoms with van der Waals surface area (Å²) in [5, 5.41) is 7.40. The lowest BCUT2D eigenvalue weighted by Gasteiger charge is -1.97. The van der Waals surface area contributed by atoms with E-state index in [4.69, 9.17) is 11.6 Å². The molecule has 0 aliphatic carbocycles. The largest absolute Gasteiger partial charge is 0.207 e. The third-order valence-corrected chi connectivity index (χ3v) is 2.63. The van der Waals surface area contributed by atoms with Gasteiger partial charge in [0.1, 0.15) is 0 Å². The van der Waals surface area contributed by atoms with E-state index in [1.165, 1.54) is 12.1 Å². The molecule has 0 radical (unpaired) electrons. The summed E-state index contributed by atoms with van der Waals surface area (Å²) >= 11 is 6.53. The first-order valence-electron chi connectivity index (χ1n) is 3.62. The van der Waals surface area contributed by atoms with Gasteiger partial charge in [0, 0.05) is 0 Å². The SMILES string of the molecule is Fc1cccc(-c2nnc(Cl)s2)c1F. The number of hydrogen-bond acceptors (Lipinski definition) is 3. The molecule has 0 spiro atoms. The Hall–Kier alpha value is -1.07. The van der Waals surface area contributed by atoms with Gasteiger partial charge in [-0.3, -0.25) is 0 Å². The van der Waals surface area contributed by atoms with Gasteiger partial charge < -0.3 is 0 Å². The molecule has 2 rings (SSSR count). The second-order valence-electron chi connectivity index (χ2n) is 2.46. The zero-order valence-electron chi connectivity index (χ0n) is 6.67. The van der Waals surface area contributed by atoms with E-state index in [9.17, 15) is 8.78 Å². The molecule has 0 aliphatic heterocycles. The summed E-state index contributed by atoms with van der Waals surface area (Å²) in [4.78, 5) is 0. The van der Waals surface area contributed by atoms with Crippen LogP contribution in [0.25, 0.3) is 10.6 Å². The number of hydrogen-bond donors (Lipinski definition) is 0. The van der Waals surface area contributed by atoms with Crippen molar-refractivity contribution in [2.75, 3.05) is 0 Å². The van der Waals surface area contributed by atoms with Crippen LogP contribution in [0, 0.1) is 11.6 Å². The van der Waals surface area contributed by atoms with Gasteiger partial charge in [0.25, 0.3) is 0 Å². The van der Waals surface area contributed by atoms with Crippen LogP contribution in [0.2, 0.25) is 4.47 Å². The molecule has 0 fully saturated rings. The Morgan fingerprint density at radius 3 is 2.64 bits per heavy atom. The van der Waals surface area contributed by atoms with E-state index < -0.39 is 11.6 Å². The van der Waals surface area contributed by atoms with Crippen LogP contribution < -0.4 is 0 Å². The number of benzene rings is 1. The van der Waals surface area contributed by atoms with Gasteiger partial charge in [0.2, 0.25) is 4.47 Å². The summed E-state index contributed by atoms with van der Waals surface area (Å²) in [5.74, 6) is -1.84. The van der Waals surface area contributed by atoms with Crippen molar-refractivity contribution in [2.45, 2.75) is 0 Å². The van der Waals surface area contributed by atoms with E-state index in [0.29, 0.717) is 0 Å². The standard InChI is InChI=1S/C8H3ClF2N2S/c9-8-13-12-7(14-8)4-2-1-3-5(10)6(4)11/h1-3H. The maximum absolute atomic E-state index is 13.2. The van der Waals surface area contributed by atoms with Crippen molar-refractivity contribution in [3.8, 4) is 10.6 Å². The molecule has 0 saturated heterocycles. The Bertz CT molecular complexity index is 472. The van der Waals surface area contributed by atoms with Crippen LogP contribution in [0.1, 0.15) is 0 Å². The second kappa shape index (κ2) is 3.59. The van der Waals surface area contributed by atoms with Gasteiger partial charge >= 0.3 is 0 Å². The number of halogens is 3. The van der Waals surface area contributed by atoms with Gasteiger partial charge in [-0.2, -0.15) is 0 Å². The minimum atomic E-state index is -0.930. The van der Waals surface area contributed by atoms with Crippen LogP contribution in [0.15, 0.2) is 18.2 Å². The predicted octanol–water partition coefficient (Wildman–Crippen LogP) is 3.14. The van der Waals surface area contributed by atoms with E-state index >= 15 is 0 Å². The summed E-state index contributed by atoms with van der Waals surface area (Å²) in [5.41, 5.74) is 0.0781. The third kappa shape index (κ3) is 1.60. The van der Waals surface area contributed by atoms with Crippen molar-refractivity contribution < 1.29 is 8.78 Å². The zero-order valence-corrected chi connectivity index (χ0v) is 8.24. The minimum Gasteiger partial charge on any atom is -0.204 e. The fraction of sp³-hybridized carbons (Fsp3) is 0. The number of rotatable bonds is 1. The summed E-state index contributed by atoms with van der Waals surface area (Å²) in [7, 11) is 0. The average Bonchev–Trinajstić information content (AvgIpc) is 2.57. The highest BCUT2D eigenvalue weighted by atomic mass is 35.5. The van der Waals surface area contributed by atoms with Gasteiger partial charge in [0.15, 0.2) is 16.6 Å². The Morgan fingerprint density at radius 1 is 1.21 bits per heavy atom. The van der Waals surface area contributed by atoms with Gasteiger partial charge in [-0.25, -0.2) is 8.78 Å². The van der Waals surface area contributed by atoms with E-state index in [0.717, 1.165) is 17.4 Å². The molecule has 0 atom stereocenters. The van der Waals surface area contributed by atoms with Crippen molar-refractivity contribution in [3.63, 3.8) is 0 Å². The molecule has 0 amide bonds. The summed E-state index contributed by atoms with van der Waals surface area (Å²) < 4.78 is 26.2. The summed E-state index contributed by atoms with van der Waals surface area (Å²) in [6.45, 7) is 0. The van der Waals surface area contributed by atoms with Gasteiger partial charge in [0.05, 0.1) is 5.56 Å². The van der Waals surface area contributed by atoms with Crippen LogP contribution in [0.5, 0.6) is 0 Å². The molecule has 14 heavy (non-hydrogen) atoms. The quantitative estimate of drug-likeness (QED) is 0.755. The van der Waals surface area contributed by atoms with Crippen LogP contribution in [0.3, 0.4) is 0 Å². The van der Waals surface area contributed by atoms with Crippen LogP contribution in [-0.2, 0) is 0 Å². The first kappa shape index (κ1) is 9.48. The first-order chi connectivity index (χ1) is 6.68. The van der Waals surface area contributed by atoms with E-state index in [1.807, 2.05) is 0 Å². The van der Waals surface area contributed by atoms with Crippen molar-refractivity contribution in [1.29, 1.82) is 0 Å². The van der Waals surface area contributed by atoms with Crippen LogP contribution >= 0.6 is 22.9 Å². The molecule has 1 heterocycles. The molecule has 0 N–H and O–H groups in total. The number of nitrogens with zero attached hydrogens (tertiary/aromatic N) is 2. The molecule has 72 valence electrons. The lowest BCUT2D eigenvalue weighted by Crippen LogP contribution is -1.88. The van der Waals surface area contributed by atoms with E-state index in [-0.39, 0.29) is 15.0 Å². The van der Waals surface area contributed by atoms with Crippen molar-refractivity contribution in [2.24, 2.45) is 0 Å². The minimum absolute atomic E-state index is 0.0781. The molecule has 0 bridgehead atoms. The Balaban J connectivity index is 2.57. The Morgan fingerprint density at radius 2 is 2.00 bits per heavy atom. The maximum atomic E-state index is 13.2. The predicted molar refractivity (Wildman–Crippen MR) is 50.3 cm³/mol. The van der Waals surface area contributed by atoms with Crippen molar-refractivity contribution in [1.82, 2.24) is 10.2 Å². The summed E-state index contributed by atoms with van der Waals surface area (Å²) in [6, 6.07) is 3.87. The second-order valence-corrected chi connectivity index (χ2v) is 4.02. The molecule has 1 aromatic heterocycles. The molecule has 2 nitrogen and oxygen atoms in total. The third-order valence-electron chi connectivity index (χ3n) is 1.58. The van der Waals surface area contributed by atoms with E-state index in [2.05, 4.69) is 10.2 Å². The molecule has 0 saturated carbocycles.